The molecule has 0 aliphatic heterocycles. The lowest BCUT2D eigenvalue weighted by Crippen LogP contribution is -2.29. The van der Waals surface area contributed by atoms with E-state index in [1.807, 2.05) is 13.0 Å². The molecule has 0 aromatic heterocycles. The van der Waals surface area contributed by atoms with E-state index in [9.17, 15) is 9.59 Å². The van der Waals surface area contributed by atoms with Gasteiger partial charge in [-0.2, -0.15) is 5.26 Å². The van der Waals surface area contributed by atoms with Gasteiger partial charge in [0.25, 0.3) is 5.91 Å². The van der Waals surface area contributed by atoms with Gasteiger partial charge in [0, 0.05) is 6.08 Å². The van der Waals surface area contributed by atoms with Gasteiger partial charge in [0.05, 0.1) is 25.0 Å². The Hall–Kier alpha value is -3.79. The zero-order valence-electron chi connectivity index (χ0n) is 16.5. The molecule has 2 aromatic rings. The summed E-state index contributed by atoms with van der Waals surface area (Å²) in [5.74, 6) is -0.0449. The van der Waals surface area contributed by atoms with E-state index >= 15 is 0 Å². The van der Waals surface area contributed by atoms with Crippen LogP contribution in [-0.2, 0) is 14.3 Å². The van der Waals surface area contributed by atoms with Gasteiger partial charge in [-0.1, -0.05) is 18.2 Å². The molecule has 29 heavy (non-hydrogen) atoms. The second-order valence-electron chi connectivity index (χ2n) is 5.90. The van der Waals surface area contributed by atoms with Crippen LogP contribution in [-0.4, -0.2) is 31.7 Å². The van der Waals surface area contributed by atoms with Crippen molar-refractivity contribution in [2.24, 2.45) is 0 Å². The van der Waals surface area contributed by atoms with Crippen molar-refractivity contribution in [2.45, 2.75) is 20.0 Å². The molecule has 0 saturated heterocycles. The molecule has 2 rings (SSSR count). The van der Waals surface area contributed by atoms with E-state index in [0.29, 0.717) is 34.9 Å². The third kappa shape index (κ3) is 6.11. The van der Waals surface area contributed by atoms with Crippen molar-refractivity contribution in [3.8, 4) is 17.6 Å². The Labute approximate surface area is 169 Å². The lowest BCUT2D eigenvalue weighted by Gasteiger charge is -2.13. The van der Waals surface area contributed by atoms with Gasteiger partial charge in [-0.15, -0.1) is 0 Å². The average molecular weight is 394 g/mol. The first-order valence-electron chi connectivity index (χ1n) is 8.98. The molecule has 7 heteroatoms. The summed E-state index contributed by atoms with van der Waals surface area (Å²) in [6, 6.07) is 13.8. The highest BCUT2D eigenvalue weighted by atomic mass is 16.5. The summed E-state index contributed by atoms with van der Waals surface area (Å²) in [7, 11) is 1.55. The smallest absolute Gasteiger partial charge is 0.331 e. The van der Waals surface area contributed by atoms with Crippen LogP contribution in [0.1, 0.15) is 25.0 Å². The van der Waals surface area contributed by atoms with Crippen molar-refractivity contribution in [2.75, 3.05) is 19.0 Å². The Bertz CT molecular complexity index is 946. The number of rotatable bonds is 8. The monoisotopic (exact) mass is 394 g/mol. The molecule has 0 radical (unpaired) electrons. The number of para-hydroxylation sites is 1. The van der Waals surface area contributed by atoms with Crippen molar-refractivity contribution in [1.29, 1.82) is 5.26 Å². The van der Waals surface area contributed by atoms with Gasteiger partial charge in [0.15, 0.2) is 17.6 Å². The number of amides is 1. The summed E-state index contributed by atoms with van der Waals surface area (Å²) >= 11 is 0. The minimum atomic E-state index is -1.03. The van der Waals surface area contributed by atoms with Crippen molar-refractivity contribution in [3.63, 3.8) is 0 Å². The van der Waals surface area contributed by atoms with Gasteiger partial charge in [0.2, 0.25) is 0 Å². The van der Waals surface area contributed by atoms with E-state index in [1.165, 1.54) is 13.0 Å². The maximum Gasteiger partial charge on any atom is 0.331 e. The Morgan fingerprint density at radius 1 is 1.21 bits per heavy atom. The zero-order valence-corrected chi connectivity index (χ0v) is 16.5. The molecule has 0 heterocycles. The van der Waals surface area contributed by atoms with E-state index in [4.69, 9.17) is 19.5 Å². The van der Waals surface area contributed by atoms with Crippen LogP contribution in [0.3, 0.4) is 0 Å². The van der Waals surface area contributed by atoms with Crippen LogP contribution >= 0.6 is 0 Å². The molecule has 0 aliphatic carbocycles. The third-order valence-electron chi connectivity index (χ3n) is 3.87. The van der Waals surface area contributed by atoms with Crippen molar-refractivity contribution in [1.82, 2.24) is 0 Å². The van der Waals surface area contributed by atoms with Crippen LogP contribution < -0.4 is 14.8 Å². The predicted molar refractivity (Wildman–Crippen MR) is 109 cm³/mol. The lowest BCUT2D eigenvalue weighted by atomic mass is 10.2. The summed E-state index contributed by atoms with van der Waals surface area (Å²) in [5.41, 5.74) is 1.40. The molecule has 0 saturated carbocycles. The quantitative estimate of drug-likeness (QED) is 0.543. The predicted octanol–water partition coefficient (Wildman–Crippen LogP) is 3.55. The van der Waals surface area contributed by atoms with Gasteiger partial charge < -0.3 is 19.5 Å². The van der Waals surface area contributed by atoms with E-state index in [-0.39, 0.29) is 0 Å². The molecule has 0 fully saturated rings. The molecule has 0 spiro atoms. The van der Waals surface area contributed by atoms with Gasteiger partial charge in [-0.05, 0) is 49.8 Å². The number of carbonyl (C=O) groups excluding carboxylic acids is 2. The summed E-state index contributed by atoms with van der Waals surface area (Å²) < 4.78 is 15.8. The Morgan fingerprint density at radius 2 is 1.97 bits per heavy atom. The number of carbonyl (C=O) groups is 2. The molecular formula is C22H22N2O5. The third-order valence-corrected chi connectivity index (χ3v) is 3.87. The standard InChI is InChI=1S/C22H22N2O5/c1-4-28-20-13-16(9-11-19(20)27-3)10-12-21(25)29-15(2)22(26)24-18-8-6-5-7-17(18)14-23/h5-13,15H,4H2,1-3H3,(H,24,26)/b12-10+/t15-/m0/s1. The fourth-order valence-electron chi connectivity index (χ4n) is 2.42. The minimum absolute atomic E-state index is 0.323. The molecule has 150 valence electrons. The normalized spacial score (nSPS) is 11.4. The number of esters is 1. The fraction of sp³-hybridized carbons (Fsp3) is 0.227. The van der Waals surface area contributed by atoms with Crippen LogP contribution in [0.15, 0.2) is 48.5 Å². The SMILES string of the molecule is CCOc1cc(/C=C/C(=O)O[C@@H](C)C(=O)Nc2ccccc2C#N)ccc1OC. The average Bonchev–Trinajstić information content (AvgIpc) is 2.73. The maximum absolute atomic E-state index is 12.2. The van der Waals surface area contributed by atoms with Gasteiger partial charge in [-0.3, -0.25) is 4.79 Å². The maximum atomic E-state index is 12.2. The van der Waals surface area contributed by atoms with Gasteiger partial charge >= 0.3 is 5.97 Å². The number of methoxy groups -OCH3 is 1. The molecule has 0 aliphatic rings. The second kappa shape index (κ2) is 10.5. The minimum Gasteiger partial charge on any atom is -0.493 e. The molecular weight excluding hydrogens is 372 g/mol. The number of benzene rings is 2. The van der Waals surface area contributed by atoms with Crippen LogP contribution in [0, 0.1) is 11.3 Å². The number of ether oxygens (including phenoxy) is 3. The van der Waals surface area contributed by atoms with Gasteiger partial charge in [0.1, 0.15) is 6.07 Å². The number of nitriles is 1. The Kier molecular flexibility index (Phi) is 7.80. The number of anilines is 1. The van der Waals surface area contributed by atoms with Gasteiger partial charge in [-0.25, -0.2) is 4.79 Å². The first-order valence-corrected chi connectivity index (χ1v) is 8.98. The Morgan fingerprint density at radius 3 is 2.66 bits per heavy atom. The van der Waals surface area contributed by atoms with Crippen LogP contribution in [0.2, 0.25) is 0 Å². The van der Waals surface area contributed by atoms with E-state index in [2.05, 4.69) is 5.32 Å². The number of hydrogen-bond donors (Lipinski definition) is 1. The summed E-state index contributed by atoms with van der Waals surface area (Å²) in [6.07, 6.45) is 1.75. The Balaban J connectivity index is 1.98. The molecule has 1 atom stereocenters. The largest absolute Gasteiger partial charge is 0.493 e. The first-order chi connectivity index (χ1) is 14.0. The van der Waals surface area contributed by atoms with E-state index in [0.717, 1.165) is 0 Å². The lowest BCUT2D eigenvalue weighted by molar-refractivity contribution is -0.148. The topological polar surface area (TPSA) is 97.6 Å². The fourth-order valence-corrected chi connectivity index (χ4v) is 2.42. The van der Waals surface area contributed by atoms with Crippen LogP contribution in [0.25, 0.3) is 6.08 Å². The highest BCUT2D eigenvalue weighted by molar-refractivity contribution is 5.97. The summed E-state index contributed by atoms with van der Waals surface area (Å²) in [5, 5.41) is 11.6. The summed E-state index contributed by atoms with van der Waals surface area (Å²) in [4.78, 5) is 24.3. The molecule has 1 N–H and O–H groups in total. The van der Waals surface area contributed by atoms with Crippen LogP contribution in [0.4, 0.5) is 5.69 Å². The zero-order chi connectivity index (χ0) is 21.2. The van der Waals surface area contributed by atoms with Crippen molar-refractivity contribution < 1.29 is 23.8 Å². The van der Waals surface area contributed by atoms with E-state index < -0.39 is 18.0 Å². The number of nitrogens with zero attached hydrogens (tertiary/aromatic N) is 1. The highest BCUT2D eigenvalue weighted by Gasteiger charge is 2.17. The summed E-state index contributed by atoms with van der Waals surface area (Å²) in [6.45, 7) is 3.80. The second-order valence-corrected chi connectivity index (χ2v) is 5.90. The van der Waals surface area contributed by atoms with Crippen molar-refractivity contribution >= 4 is 23.6 Å². The molecule has 0 unspecified atom stereocenters. The molecule has 1 amide bonds. The van der Waals surface area contributed by atoms with Crippen LogP contribution in [0.5, 0.6) is 11.5 Å². The first kappa shape index (κ1) is 21.5. The molecule has 0 bridgehead atoms. The van der Waals surface area contributed by atoms with Crippen molar-refractivity contribution in [3.05, 3.63) is 59.7 Å². The number of nitrogens with one attached hydrogen (secondary N) is 1. The molecule has 7 nitrogen and oxygen atoms in total. The highest BCUT2D eigenvalue weighted by Crippen LogP contribution is 2.28. The number of hydrogen-bond acceptors (Lipinski definition) is 6. The van der Waals surface area contributed by atoms with E-state index in [1.54, 1.807) is 55.7 Å². The molecule has 2 aromatic carbocycles.